The van der Waals surface area contributed by atoms with E-state index in [1.54, 1.807) is 0 Å². The number of fused-ring (bicyclic) bond motifs is 11. The Balaban J connectivity index is 1.10. The molecular weight excluding hydrogens is 667 g/mol. The lowest BCUT2D eigenvalue weighted by atomic mass is 9.82. The van der Waals surface area contributed by atoms with E-state index in [0.717, 1.165) is 27.8 Å². The molecule has 3 nitrogen and oxygen atoms in total. The molecule has 10 aromatic rings. The van der Waals surface area contributed by atoms with Gasteiger partial charge in [0.1, 0.15) is 0 Å². The lowest BCUT2D eigenvalue weighted by molar-refractivity contribution is 0.660. The Morgan fingerprint density at radius 3 is 1.76 bits per heavy atom. The van der Waals surface area contributed by atoms with Crippen LogP contribution in [0.4, 0.5) is 0 Å². The standard InChI is InChI=1S/C52H35N3/c1-52(2)45-24-11-10-22-42(45)48-43(23-13-25-46(48)52)51-54-49(33-15-4-3-5-16-33)53-50(55-51)36-18-12-17-34(30-36)35-27-29-41-44(31-35)39-21-9-8-20-38(39)40-28-26-32-14-6-7-19-37(32)47(40)41/h3-31H,1-2H3. The van der Waals surface area contributed by atoms with Crippen molar-refractivity contribution in [2.75, 3.05) is 0 Å². The summed E-state index contributed by atoms with van der Waals surface area (Å²) in [6.45, 7) is 4.61. The van der Waals surface area contributed by atoms with Gasteiger partial charge in [0.05, 0.1) is 0 Å². The molecule has 0 aliphatic heterocycles. The molecule has 0 atom stereocenters. The molecule has 55 heavy (non-hydrogen) atoms. The molecular formula is C52H35N3. The second kappa shape index (κ2) is 12.0. The Hall–Kier alpha value is -6.97. The normalized spacial score (nSPS) is 13.1. The van der Waals surface area contributed by atoms with Crippen molar-refractivity contribution in [3.05, 3.63) is 187 Å². The average molecular weight is 702 g/mol. The Bertz CT molecular complexity index is 3180. The van der Waals surface area contributed by atoms with Crippen LogP contribution in [0.2, 0.25) is 0 Å². The minimum absolute atomic E-state index is 0.126. The zero-order valence-corrected chi connectivity index (χ0v) is 30.6. The van der Waals surface area contributed by atoms with Crippen molar-refractivity contribution in [1.29, 1.82) is 0 Å². The maximum Gasteiger partial charge on any atom is 0.164 e. The molecule has 11 rings (SSSR count). The summed E-state index contributed by atoms with van der Waals surface area (Å²) in [6.07, 6.45) is 0. The topological polar surface area (TPSA) is 38.7 Å². The second-order valence-electron chi connectivity index (χ2n) is 15.2. The van der Waals surface area contributed by atoms with E-state index >= 15 is 0 Å². The van der Waals surface area contributed by atoms with E-state index in [2.05, 4.69) is 172 Å². The van der Waals surface area contributed by atoms with E-state index in [9.17, 15) is 0 Å². The Kier molecular flexibility index (Phi) is 6.90. The average Bonchev–Trinajstić information content (AvgIpc) is 3.49. The number of rotatable bonds is 4. The fraction of sp³-hybridized carbons (Fsp3) is 0.0577. The molecule has 0 bridgehead atoms. The first-order valence-corrected chi connectivity index (χ1v) is 18.9. The molecule has 1 aliphatic carbocycles. The van der Waals surface area contributed by atoms with Crippen LogP contribution in [0.15, 0.2) is 176 Å². The number of hydrogen-bond donors (Lipinski definition) is 0. The number of hydrogen-bond acceptors (Lipinski definition) is 3. The summed E-state index contributed by atoms with van der Waals surface area (Å²) >= 11 is 0. The van der Waals surface area contributed by atoms with Gasteiger partial charge in [-0.1, -0.05) is 178 Å². The van der Waals surface area contributed by atoms with Crippen LogP contribution in [0, 0.1) is 0 Å². The van der Waals surface area contributed by atoms with Gasteiger partial charge < -0.3 is 0 Å². The Morgan fingerprint density at radius 1 is 0.345 bits per heavy atom. The molecule has 0 saturated heterocycles. The Morgan fingerprint density at radius 2 is 0.909 bits per heavy atom. The van der Waals surface area contributed by atoms with Gasteiger partial charge in [-0.2, -0.15) is 0 Å². The number of aromatic nitrogens is 3. The van der Waals surface area contributed by atoms with Crippen LogP contribution in [-0.2, 0) is 5.41 Å². The van der Waals surface area contributed by atoms with Crippen LogP contribution >= 0.6 is 0 Å². The van der Waals surface area contributed by atoms with Crippen LogP contribution in [-0.4, -0.2) is 15.0 Å². The van der Waals surface area contributed by atoms with E-state index in [1.807, 2.05) is 18.2 Å². The minimum atomic E-state index is -0.126. The van der Waals surface area contributed by atoms with Crippen molar-refractivity contribution in [3.8, 4) is 56.4 Å². The van der Waals surface area contributed by atoms with Crippen molar-refractivity contribution < 1.29 is 0 Å². The van der Waals surface area contributed by atoms with Gasteiger partial charge >= 0.3 is 0 Å². The summed E-state index contributed by atoms with van der Waals surface area (Å²) in [6, 6.07) is 63.1. The van der Waals surface area contributed by atoms with Crippen molar-refractivity contribution in [2.45, 2.75) is 19.3 Å². The first-order valence-electron chi connectivity index (χ1n) is 18.9. The third-order valence-electron chi connectivity index (χ3n) is 11.7. The fourth-order valence-electron chi connectivity index (χ4n) is 9.02. The summed E-state index contributed by atoms with van der Waals surface area (Å²) in [7, 11) is 0. The monoisotopic (exact) mass is 701 g/mol. The van der Waals surface area contributed by atoms with Gasteiger partial charge in [-0.3, -0.25) is 0 Å². The fourth-order valence-corrected chi connectivity index (χ4v) is 9.02. The van der Waals surface area contributed by atoms with Gasteiger partial charge in [-0.15, -0.1) is 0 Å². The van der Waals surface area contributed by atoms with Crippen molar-refractivity contribution >= 4 is 43.1 Å². The summed E-state index contributed by atoms with van der Waals surface area (Å²) in [5.41, 5.74) is 10.1. The molecule has 1 heterocycles. The van der Waals surface area contributed by atoms with Gasteiger partial charge in [0.25, 0.3) is 0 Å². The quantitative estimate of drug-likeness (QED) is 0.171. The number of nitrogens with zero attached hydrogens (tertiary/aromatic N) is 3. The molecule has 0 saturated carbocycles. The lowest BCUT2D eigenvalue weighted by Gasteiger charge is -2.21. The molecule has 0 unspecified atom stereocenters. The highest BCUT2D eigenvalue weighted by Crippen LogP contribution is 2.51. The molecule has 0 spiro atoms. The number of benzene rings is 9. The highest BCUT2D eigenvalue weighted by Gasteiger charge is 2.37. The predicted octanol–water partition coefficient (Wildman–Crippen LogP) is 13.5. The van der Waals surface area contributed by atoms with E-state index in [1.165, 1.54) is 65.3 Å². The molecule has 1 aliphatic rings. The molecule has 0 amide bonds. The predicted molar refractivity (Wildman–Crippen MR) is 229 cm³/mol. The lowest BCUT2D eigenvalue weighted by Crippen LogP contribution is -2.14. The third-order valence-corrected chi connectivity index (χ3v) is 11.7. The van der Waals surface area contributed by atoms with Crippen molar-refractivity contribution in [2.24, 2.45) is 0 Å². The molecule has 9 aromatic carbocycles. The van der Waals surface area contributed by atoms with E-state index in [0.29, 0.717) is 17.5 Å². The molecule has 3 heteroatoms. The maximum atomic E-state index is 5.26. The van der Waals surface area contributed by atoms with Crippen molar-refractivity contribution in [3.63, 3.8) is 0 Å². The zero-order valence-electron chi connectivity index (χ0n) is 30.6. The van der Waals surface area contributed by atoms with Gasteiger partial charge in [0.2, 0.25) is 0 Å². The third kappa shape index (κ3) is 4.86. The van der Waals surface area contributed by atoms with Gasteiger partial charge in [-0.25, -0.2) is 15.0 Å². The van der Waals surface area contributed by atoms with Crippen LogP contribution < -0.4 is 0 Å². The minimum Gasteiger partial charge on any atom is -0.208 e. The molecule has 258 valence electrons. The highest BCUT2D eigenvalue weighted by molar-refractivity contribution is 6.31. The van der Waals surface area contributed by atoms with E-state index in [4.69, 9.17) is 15.0 Å². The molecule has 0 N–H and O–H groups in total. The smallest absolute Gasteiger partial charge is 0.164 e. The summed E-state index contributed by atoms with van der Waals surface area (Å²) in [5.74, 6) is 1.98. The highest BCUT2D eigenvalue weighted by atomic mass is 15.0. The molecule has 0 radical (unpaired) electrons. The summed E-state index contributed by atoms with van der Waals surface area (Å²) < 4.78 is 0. The SMILES string of the molecule is CC1(C)c2ccccc2-c2c(-c3nc(-c4ccccc4)nc(-c4cccc(-c5ccc6c(c5)c5ccccc5c5ccc7ccccc7c56)c4)n3)cccc21. The van der Waals surface area contributed by atoms with Crippen LogP contribution in [0.25, 0.3) is 99.5 Å². The van der Waals surface area contributed by atoms with E-state index in [-0.39, 0.29) is 5.41 Å². The maximum absolute atomic E-state index is 5.26. The van der Waals surface area contributed by atoms with Crippen LogP contribution in [0.5, 0.6) is 0 Å². The largest absolute Gasteiger partial charge is 0.208 e. The van der Waals surface area contributed by atoms with E-state index < -0.39 is 0 Å². The van der Waals surface area contributed by atoms with Gasteiger partial charge in [0, 0.05) is 22.1 Å². The van der Waals surface area contributed by atoms with Gasteiger partial charge in [0.15, 0.2) is 17.5 Å². The first kappa shape index (κ1) is 31.5. The molecule has 1 aromatic heterocycles. The zero-order chi connectivity index (χ0) is 36.7. The summed E-state index contributed by atoms with van der Waals surface area (Å²) in [4.78, 5) is 15.6. The van der Waals surface area contributed by atoms with Crippen LogP contribution in [0.1, 0.15) is 25.0 Å². The summed E-state index contributed by atoms with van der Waals surface area (Å²) in [5, 5.41) is 10.2. The van der Waals surface area contributed by atoms with Gasteiger partial charge in [-0.05, 0) is 88.6 Å². The second-order valence-corrected chi connectivity index (χ2v) is 15.2. The molecule has 0 fully saturated rings. The van der Waals surface area contributed by atoms with Crippen molar-refractivity contribution in [1.82, 2.24) is 15.0 Å². The first-order chi connectivity index (χ1) is 27.0. The Labute approximate surface area is 319 Å². The van der Waals surface area contributed by atoms with Crippen LogP contribution in [0.3, 0.4) is 0 Å².